The topological polar surface area (TPSA) is 109 Å². The van der Waals surface area contributed by atoms with Gasteiger partial charge >= 0.3 is 16.3 Å². The second kappa shape index (κ2) is 5.94. The molecule has 0 unspecified atom stereocenters. The maximum Gasteiger partial charge on any atom is 0.422 e. The zero-order valence-electron chi connectivity index (χ0n) is 11.1. The first-order valence-corrected chi connectivity index (χ1v) is 8.36. The lowest BCUT2D eigenvalue weighted by Crippen LogP contribution is -2.36. The molecule has 0 saturated carbocycles. The zero-order chi connectivity index (χ0) is 14.8. The number of rotatable bonds is 4. The number of hydrogen-bond acceptors (Lipinski definition) is 7. The molecule has 8 nitrogen and oxygen atoms in total. The van der Waals surface area contributed by atoms with Gasteiger partial charge in [-0.25, -0.2) is 19.2 Å². The van der Waals surface area contributed by atoms with Gasteiger partial charge in [-0.3, -0.25) is 0 Å². The van der Waals surface area contributed by atoms with Crippen LogP contribution in [-0.4, -0.2) is 32.1 Å². The van der Waals surface area contributed by atoms with E-state index in [9.17, 15) is 13.2 Å². The number of amides is 1. The summed E-state index contributed by atoms with van der Waals surface area (Å²) < 4.78 is 32.2. The average Bonchev–Trinajstić information content (AvgIpc) is 2.67. The second-order valence-electron chi connectivity index (χ2n) is 4.48. The number of carbonyl (C=O) groups excluding carboxylic acids is 1. The average molecular weight is 320 g/mol. The SMILES string of the molecule is CC(C)OC(=O)NS(=O)(=O)Nc1nc2c(s1)CNCC2. The van der Waals surface area contributed by atoms with Crippen LogP contribution in [0.2, 0.25) is 0 Å². The molecule has 1 amide bonds. The van der Waals surface area contributed by atoms with Gasteiger partial charge in [0.15, 0.2) is 5.13 Å². The van der Waals surface area contributed by atoms with Gasteiger partial charge in [-0.15, -0.1) is 0 Å². The molecule has 2 rings (SSSR count). The summed E-state index contributed by atoms with van der Waals surface area (Å²) in [5.74, 6) is 0. The number of ether oxygens (including phenoxy) is 1. The van der Waals surface area contributed by atoms with Crippen molar-refractivity contribution in [3.05, 3.63) is 10.6 Å². The van der Waals surface area contributed by atoms with Crippen molar-refractivity contribution in [2.24, 2.45) is 0 Å². The fourth-order valence-electron chi connectivity index (χ4n) is 1.66. The molecule has 1 aromatic heterocycles. The smallest absolute Gasteiger partial charge is 0.422 e. The molecule has 1 aliphatic heterocycles. The first-order valence-electron chi connectivity index (χ1n) is 6.06. The van der Waals surface area contributed by atoms with Crippen LogP contribution in [0.1, 0.15) is 24.4 Å². The van der Waals surface area contributed by atoms with E-state index in [1.165, 1.54) is 11.3 Å². The lowest BCUT2D eigenvalue weighted by molar-refractivity contribution is 0.121. The Labute approximate surface area is 121 Å². The minimum atomic E-state index is -4.03. The Balaban J connectivity index is 2.01. The van der Waals surface area contributed by atoms with E-state index in [4.69, 9.17) is 4.74 Å². The van der Waals surface area contributed by atoms with Crippen LogP contribution in [0.15, 0.2) is 0 Å². The molecule has 0 fully saturated rings. The molecule has 1 aliphatic rings. The van der Waals surface area contributed by atoms with Crippen LogP contribution in [0.4, 0.5) is 9.93 Å². The highest BCUT2D eigenvalue weighted by Gasteiger charge is 2.20. The maximum atomic E-state index is 11.7. The van der Waals surface area contributed by atoms with Crippen molar-refractivity contribution in [1.29, 1.82) is 0 Å². The summed E-state index contributed by atoms with van der Waals surface area (Å²) in [5, 5.41) is 3.41. The van der Waals surface area contributed by atoms with Gasteiger partial charge in [0, 0.05) is 24.4 Å². The Morgan fingerprint density at radius 2 is 2.25 bits per heavy atom. The van der Waals surface area contributed by atoms with Crippen LogP contribution < -0.4 is 14.8 Å². The van der Waals surface area contributed by atoms with Crippen molar-refractivity contribution in [2.45, 2.75) is 32.9 Å². The van der Waals surface area contributed by atoms with Crippen LogP contribution in [-0.2, 0) is 27.9 Å². The standard InChI is InChI=1S/C10H16N4O4S2/c1-6(2)18-10(15)14-20(16,17)13-9-12-7-3-4-11-5-8(7)19-9/h6,11H,3-5H2,1-2H3,(H,12,13)(H,14,15). The highest BCUT2D eigenvalue weighted by atomic mass is 32.2. The van der Waals surface area contributed by atoms with Gasteiger partial charge in [0.05, 0.1) is 11.8 Å². The van der Waals surface area contributed by atoms with E-state index < -0.39 is 22.4 Å². The molecule has 1 aromatic rings. The van der Waals surface area contributed by atoms with Crippen LogP contribution in [0.3, 0.4) is 0 Å². The third-order valence-electron chi connectivity index (χ3n) is 2.38. The summed E-state index contributed by atoms with van der Waals surface area (Å²) in [6.07, 6.45) is -0.657. The molecule has 20 heavy (non-hydrogen) atoms. The molecular weight excluding hydrogens is 304 g/mol. The van der Waals surface area contributed by atoms with Crippen molar-refractivity contribution < 1.29 is 17.9 Å². The Morgan fingerprint density at radius 1 is 1.50 bits per heavy atom. The van der Waals surface area contributed by atoms with E-state index in [-0.39, 0.29) is 5.13 Å². The van der Waals surface area contributed by atoms with Crippen LogP contribution >= 0.6 is 11.3 Å². The number of nitrogens with one attached hydrogen (secondary N) is 3. The summed E-state index contributed by atoms with van der Waals surface area (Å²) in [4.78, 5) is 16.5. The molecule has 0 bridgehead atoms. The van der Waals surface area contributed by atoms with Crippen molar-refractivity contribution in [3.63, 3.8) is 0 Å². The molecule has 112 valence electrons. The molecule has 0 spiro atoms. The first-order chi connectivity index (χ1) is 9.35. The Hall–Kier alpha value is -1.39. The van der Waals surface area contributed by atoms with Crippen molar-refractivity contribution >= 4 is 32.8 Å². The predicted molar refractivity (Wildman–Crippen MR) is 74.8 cm³/mol. The number of thiazole rings is 1. The van der Waals surface area contributed by atoms with Crippen LogP contribution in [0, 0.1) is 0 Å². The van der Waals surface area contributed by atoms with Gasteiger partial charge in [0.1, 0.15) is 0 Å². The van der Waals surface area contributed by atoms with Gasteiger partial charge in [-0.1, -0.05) is 11.3 Å². The second-order valence-corrected chi connectivity index (χ2v) is 6.98. The lowest BCUT2D eigenvalue weighted by Gasteiger charge is -2.09. The number of aromatic nitrogens is 1. The Morgan fingerprint density at radius 3 is 2.90 bits per heavy atom. The predicted octanol–water partition coefficient (Wildman–Crippen LogP) is 0.580. The largest absolute Gasteiger partial charge is 0.446 e. The summed E-state index contributed by atoms with van der Waals surface area (Å²) >= 11 is 1.25. The molecule has 0 aliphatic carbocycles. The third-order valence-corrected chi connectivity index (χ3v) is 4.42. The lowest BCUT2D eigenvalue weighted by atomic mass is 10.2. The molecule has 0 radical (unpaired) electrons. The molecule has 10 heteroatoms. The van der Waals surface area contributed by atoms with Crippen LogP contribution in [0.25, 0.3) is 0 Å². The highest BCUT2D eigenvalue weighted by Crippen LogP contribution is 2.25. The monoisotopic (exact) mass is 320 g/mol. The quantitative estimate of drug-likeness (QED) is 0.748. The zero-order valence-corrected chi connectivity index (χ0v) is 12.7. The molecular formula is C10H16N4O4S2. The highest BCUT2D eigenvalue weighted by molar-refractivity contribution is 7.91. The number of nitrogens with zero attached hydrogens (tertiary/aromatic N) is 1. The minimum absolute atomic E-state index is 0.239. The fraction of sp³-hybridized carbons (Fsp3) is 0.600. The van der Waals surface area contributed by atoms with E-state index in [1.54, 1.807) is 18.6 Å². The van der Waals surface area contributed by atoms with Gasteiger partial charge in [0.2, 0.25) is 0 Å². The maximum absolute atomic E-state index is 11.7. The minimum Gasteiger partial charge on any atom is -0.446 e. The van der Waals surface area contributed by atoms with E-state index in [2.05, 4.69) is 15.0 Å². The fourth-order valence-corrected chi connectivity index (χ4v) is 3.58. The van der Waals surface area contributed by atoms with Gasteiger partial charge in [-0.05, 0) is 13.8 Å². The number of anilines is 1. The Kier molecular flexibility index (Phi) is 4.45. The van der Waals surface area contributed by atoms with Gasteiger partial charge in [0.25, 0.3) is 0 Å². The van der Waals surface area contributed by atoms with Crippen molar-refractivity contribution in [3.8, 4) is 0 Å². The molecule has 2 heterocycles. The summed E-state index contributed by atoms with van der Waals surface area (Å²) in [7, 11) is -4.03. The summed E-state index contributed by atoms with van der Waals surface area (Å²) in [5.41, 5.74) is 0.885. The third kappa shape index (κ3) is 4.05. The first kappa shape index (κ1) is 15.0. The summed E-state index contributed by atoms with van der Waals surface area (Å²) in [6, 6.07) is 0. The van der Waals surface area contributed by atoms with E-state index in [1.807, 2.05) is 0 Å². The van der Waals surface area contributed by atoms with Crippen molar-refractivity contribution in [2.75, 3.05) is 11.3 Å². The van der Waals surface area contributed by atoms with E-state index in [0.717, 1.165) is 23.5 Å². The normalized spacial score (nSPS) is 14.8. The number of carbonyl (C=O) groups is 1. The molecule has 3 N–H and O–H groups in total. The van der Waals surface area contributed by atoms with Gasteiger partial charge in [-0.2, -0.15) is 8.42 Å². The van der Waals surface area contributed by atoms with Gasteiger partial charge < -0.3 is 10.1 Å². The molecule has 0 aromatic carbocycles. The van der Waals surface area contributed by atoms with E-state index >= 15 is 0 Å². The number of hydrogen-bond donors (Lipinski definition) is 3. The number of fused-ring (bicyclic) bond motifs is 1. The molecule has 0 atom stereocenters. The Bertz CT molecular complexity index is 573. The van der Waals surface area contributed by atoms with Crippen molar-refractivity contribution in [1.82, 2.24) is 15.0 Å². The molecule has 0 saturated heterocycles. The summed E-state index contributed by atoms with van der Waals surface area (Å²) in [6.45, 7) is 4.75. The van der Waals surface area contributed by atoms with E-state index in [0.29, 0.717) is 6.54 Å². The van der Waals surface area contributed by atoms with Crippen LogP contribution in [0.5, 0.6) is 0 Å².